The summed E-state index contributed by atoms with van der Waals surface area (Å²) >= 11 is 0. The van der Waals surface area contributed by atoms with E-state index in [1.54, 1.807) is 14.2 Å². The molecule has 2 aromatic rings. The molecule has 0 spiro atoms. The van der Waals surface area contributed by atoms with E-state index in [2.05, 4.69) is 10.3 Å². The van der Waals surface area contributed by atoms with E-state index in [1.165, 1.54) is 5.56 Å². The zero-order valence-corrected chi connectivity index (χ0v) is 13.7. The monoisotopic (exact) mass is 332 g/mol. The number of carboxylic acid groups (broad SMARTS) is 1. The largest absolute Gasteiger partial charge is 0.493 e. The Hall–Kier alpha value is -2.70. The lowest BCUT2D eigenvalue weighted by molar-refractivity contribution is 0.0690. The minimum Gasteiger partial charge on any atom is -0.493 e. The molecule has 7 nitrogen and oxygen atoms in total. The third kappa shape index (κ3) is 3.15. The van der Waals surface area contributed by atoms with Gasteiger partial charge < -0.3 is 24.3 Å². The van der Waals surface area contributed by atoms with Gasteiger partial charge in [-0.15, -0.1) is 0 Å². The molecular weight excluding hydrogens is 312 g/mol. The molecule has 1 heterocycles. The highest BCUT2D eigenvalue weighted by Crippen LogP contribution is 2.38. The maximum Gasteiger partial charge on any atom is 0.357 e. The minimum atomic E-state index is -1.11. The first-order valence-electron chi connectivity index (χ1n) is 7.82. The van der Waals surface area contributed by atoms with E-state index in [1.807, 2.05) is 12.1 Å². The van der Waals surface area contributed by atoms with Crippen LogP contribution in [-0.4, -0.2) is 30.3 Å². The van der Waals surface area contributed by atoms with Gasteiger partial charge in [0.05, 0.1) is 20.3 Å². The smallest absolute Gasteiger partial charge is 0.357 e. The number of carbonyl (C=O) groups is 1. The second kappa shape index (κ2) is 6.82. The van der Waals surface area contributed by atoms with Gasteiger partial charge in [0.1, 0.15) is 6.26 Å². The molecular formula is C17H20N2O5. The van der Waals surface area contributed by atoms with Crippen molar-refractivity contribution in [3.8, 4) is 11.5 Å². The Kier molecular flexibility index (Phi) is 4.59. The molecule has 1 aliphatic rings. The van der Waals surface area contributed by atoms with Crippen molar-refractivity contribution in [2.45, 2.75) is 31.7 Å². The van der Waals surface area contributed by atoms with Gasteiger partial charge in [-0.1, -0.05) is 6.42 Å². The molecule has 1 aromatic carbocycles. The van der Waals surface area contributed by atoms with E-state index in [9.17, 15) is 4.79 Å². The van der Waals surface area contributed by atoms with Gasteiger partial charge in [0.25, 0.3) is 6.01 Å². The van der Waals surface area contributed by atoms with Crippen molar-refractivity contribution in [2.24, 2.45) is 0 Å². The molecule has 1 unspecified atom stereocenters. The van der Waals surface area contributed by atoms with Crippen LogP contribution in [-0.2, 0) is 6.42 Å². The van der Waals surface area contributed by atoms with Crippen LogP contribution < -0.4 is 14.8 Å². The van der Waals surface area contributed by atoms with Crippen molar-refractivity contribution in [1.29, 1.82) is 0 Å². The molecule has 1 atom stereocenters. The van der Waals surface area contributed by atoms with E-state index < -0.39 is 5.97 Å². The van der Waals surface area contributed by atoms with Crippen molar-refractivity contribution in [1.82, 2.24) is 4.98 Å². The number of anilines is 1. The van der Waals surface area contributed by atoms with Gasteiger partial charge >= 0.3 is 5.97 Å². The van der Waals surface area contributed by atoms with Crippen molar-refractivity contribution < 1.29 is 23.8 Å². The highest BCUT2D eigenvalue weighted by molar-refractivity contribution is 5.85. The predicted molar refractivity (Wildman–Crippen MR) is 86.9 cm³/mol. The first kappa shape index (κ1) is 16.2. The lowest BCUT2D eigenvalue weighted by Gasteiger charge is -2.20. The fourth-order valence-electron chi connectivity index (χ4n) is 3.03. The van der Waals surface area contributed by atoms with Gasteiger partial charge in [-0.3, -0.25) is 0 Å². The number of methoxy groups -OCH3 is 2. The third-order valence-electron chi connectivity index (χ3n) is 4.23. The van der Waals surface area contributed by atoms with Crippen molar-refractivity contribution in [3.63, 3.8) is 0 Å². The summed E-state index contributed by atoms with van der Waals surface area (Å²) in [7, 11) is 3.23. The fourth-order valence-corrected chi connectivity index (χ4v) is 3.03. The number of carboxylic acids is 1. The average molecular weight is 332 g/mol. The van der Waals surface area contributed by atoms with Crippen LogP contribution in [0.25, 0.3) is 0 Å². The molecule has 0 bridgehead atoms. The van der Waals surface area contributed by atoms with Crippen LogP contribution in [0.15, 0.2) is 22.8 Å². The normalized spacial score (nSPS) is 16.8. The number of nitrogens with one attached hydrogen (secondary N) is 1. The zero-order chi connectivity index (χ0) is 17.1. The summed E-state index contributed by atoms with van der Waals surface area (Å²) in [5.74, 6) is 0.268. The molecule has 0 amide bonds. The lowest BCUT2D eigenvalue weighted by atomic mass is 9.98. The van der Waals surface area contributed by atoms with Crippen molar-refractivity contribution in [3.05, 3.63) is 35.2 Å². The van der Waals surface area contributed by atoms with Gasteiger partial charge in [-0.2, -0.15) is 4.98 Å². The Bertz CT molecular complexity index is 741. The van der Waals surface area contributed by atoms with Crippen LogP contribution in [0.3, 0.4) is 0 Å². The van der Waals surface area contributed by atoms with Crippen molar-refractivity contribution >= 4 is 12.0 Å². The Balaban J connectivity index is 1.93. The highest BCUT2D eigenvalue weighted by atomic mass is 16.5. The number of oxazole rings is 1. The first-order valence-corrected chi connectivity index (χ1v) is 7.82. The van der Waals surface area contributed by atoms with Crippen LogP contribution in [0.5, 0.6) is 11.5 Å². The topological polar surface area (TPSA) is 93.8 Å². The van der Waals surface area contributed by atoms with E-state index in [-0.39, 0.29) is 17.8 Å². The quantitative estimate of drug-likeness (QED) is 0.811. The Labute approximate surface area is 139 Å². The number of hydrogen-bond acceptors (Lipinski definition) is 6. The van der Waals surface area contributed by atoms with Gasteiger partial charge in [0.15, 0.2) is 17.2 Å². The summed E-state index contributed by atoms with van der Waals surface area (Å²) in [5, 5.41) is 12.2. The number of aryl methyl sites for hydroxylation is 1. The van der Waals surface area contributed by atoms with Crippen LogP contribution >= 0.6 is 0 Å². The minimum absolute atomic E-state index is 0.0254. The summed E-state index contributed by atoms with van der Waals surface area (Å²) in [4.78, 5) is 14.9. The first-order chi connectivity index (χ1) is 11.6. The summed E-state index contributed by atoms with van der Waals surface area (Å²) in [6.45, 7) is 0. The molecule has 0 fully saturated rings. The number of ether oxygens (including phenoxy) is 2. The standard InChI is InChI=1S/C17H20N2O5/c1-22-14-7-10-5-3-4-6-12(11(10)8-15(14)23-2)18-17-19-13(9-24-17)16(20)21/h7-9,12H,3-6H2,1-2H3,(H,18,19)(H,20,21). The molecule has 3 rings (SSSR count). The number of benzene rings is 1. The Morgan fingerprint density at radius 3 is 2.71 bits per heavy atom. The average Bonchev–Trinajstić information content (AvgIpc) is 2.97. The molecule has 0 saturated heterocycles. The molecule has 7 heteroatoms. The zero-order valence-electron chi connectivity index (χ0n) is 13.7. The molecule has 0 aliphatic heterocycles. The number of fused-ring (bicyclic) bond motifs is 1. The SMILES string of the molecule is COc1cc2c(cc1OC)C(Nc1nc(C(=O)O)co1)CCCC2. The van der Waals surface area contributed by atoms with E-state index in [4.69, 9.17) is 19.0 Å². The second-order valence-corrected chi connectivity index (χ2v) is 5.69. The van der Waals surface area contributed by atoms with E-state index in [0.29, 0.717) is 11.5 Å². The lowest BCUT2D eigenvalue weighted by Crippen LogP contribution is -2.12. The Morgan fingerprint density at radius 2 is 2.04 bits per heavy atom. The van der Waals surface area contributed by atoms with Crippen LogP contribution in [0.2, 0.25) is 0 Å². The molecule has 2 N–H and O–H groups in total. The fraction of sp³-hybridized carbons (Fsp3) is 0.412. The number of rotatable bonds is 5. The molecule has 1 aromatic heterocycles. The second-order valence-electron chi connectivity index (χ2n) is 5.69. The molecule has 1 aliphatic carbocycles. The van der Waals surface area contributed by atoms with Gasteiger partial charge in [0.2, 0.25) is 0 Å². The van der Waals surface area contributed by atoms with Crippen molar-refractivity contribution in [2.75, 3.05) is 19.5 Å². The van der Waals surface area contributed by atoms with E-state index in [0.717, 1.165) is 37.5 Å². The van der Waals surface area contributed by atoms with Gasteiger partial charge in [-0.05, 0) is 42.5 Å². The number of hydrogen-bond donors (Lipinski definition) is 2. The summed E-state index contributed by atoms with van der Waals surface area (Å²) in [5.41, 5.74) is 2.17. The molecule has 0 saturated carbocycles. The molecule has 24 heavy (non-hydrogen) atoms. The summed E-state index contributed by atoms with van der Waals surface area (Å²) in [6.07, 6.45) is 5.11. The maximum atomic E-state index is 10.9. The molecule has 128 valence electrons. The van der Waals surface area contributed by atoms with E-state index >= 15 is 0 Å². The van der Waals surface area contributed by atoms with Crippen LogP contribution in [0.1, 0.15) is 46.9 Å². The Morgan fingerprint density at radius 1 is 1.29 bits per heavy atom. The van der Waals surface area contributed by atoms with Gasteiger partial charge in [0, 0.05) is 0 Å². The molecule has 0 radical (unpaired) electrons. The maximum absolute atomic E-state index is 10.9. The number of aromatic nitrogens is 1. The third-order valence-corrected chi connectivity index (χ3v) is 4.23. The van der Waals surface area contributed by atoms with Crippen LogP contribution in [0, 0.1) is 0 Å². The van der Waals surface area contributed by atoms with Gasteiger partial charge in [-0.25, -0.2) is 4.79 Å². The number of nitrogens with zero attached hydrogens (tertiary/aromatic N) is 1. The summed E-state index contributed by atoms with van der Waals surface area (Å²) < 4.78 is 16.0. The predicted octanol–water partition coefficient (Wildman–Crippen LogP) is 3.27. The van der Waals surface area contributed by atoms with Crippen LogP contribution in [0.4, 0.5) is 6.01 Å². The number of aromatic carboxylic acids is 1. The summed E-state index contributed by atoms with van der Waals surface area (Å²) in [6, 6.07) is 4.16. The highest BCUT2D eigenvalue weighted by Gasteiger charge is 2.23.